The van der Waals surface area contributed by atoms with E-state index in [0.29, 0.717) is 0 Å². The molecular weight excluding hydrogens is 228 g/mol. The van der Waals surface area contributed by atoms with Crippen LogP contribution in [0.1, 0.15) is 31.4 Å². The Labute approximate surface area is 109 Å². The Morgan fingerprint density at radius 1 is 1.29 bits per heavy atom. The maximum atomic E-state index is 6.21. The molecule has 2 rings (SSSR count). The van der Waals surface area contributed by atoms with Crippen molar-refractivity contribution >= 4 is 17.4 Å². The van der Waals surface area contributed by atoms with Gasteiger partial charge in [-0.2, -0.15) is 11.8 Å². The minimum atomic E-state index is 0.169. The van der Waals surface area contributed by atoms with Gasteiger partial charge in [0, 0.05) is 30.6 Å². The van der Waals surface area contributed by atoms with E-state index in [9.17, 15) is 0 Å². The van der Waals surface area contributed by atoms with Crippen LogP contribution in [0, 0.1) is 0 Å². The largest absolute Gasteiger partial charge is 0.370 e. The van der Waals surface area contributed by atoms with Crippen LogP contribution in [0.3, 0.4) is 0 Å². The zero-order chi connectivity index (χ0) is 12.1. The Morgan fingerprint density at radius 2 is 2.12 bits per heavy atom. The number of anilines is 1. The maximum absolute atomic E-state index is 6.21. The van der Waals surface area contributed by atoms with Gasteiger partial charge in [0.25, 0.3) is 0 Å². The highest BCUT2D eigenvalue weighted by Gasteiger charge is 2.15. The Hall–Kier alpha value is -0.670. The SMILES string of the molecule is CC[C@H](N)c1ccccc1N1CCCSCC1. The molecule has 2 N–H and O–H groups in total. The van der Waals surface area contributed by atoms with E-state index in [1.54, 1.807) is 0 Å². The number of hydrogen-bond acceptors (Lipinski definition) is 3. The summed E-state index contributed by atoms with van der Waals surface area (Å²) >= 11 is 2.06. The summed E-state index contributed by atoms with van der Waals surface area (Å²) in [5.41, 5.74) is 8.87. The van der Waals surface area contributed by atoms with Crippen molar-refractivity contribution in [2.75, 3.05) is 29.5 Å². The summed E-state index contributed by atoms with van der Waals surface area (Å²) in [6.07, 6.45) is 2.28. The van der Waals surface area contributed by atoms with Gasteiger partial charge in [0.15, 0.2) is 0 Å². The van der Waals surface area contributed by atoms with E-state index < -0.39 is 0 Å². The molecule has 0 saturated carbocycles. The van der Waals surface area contributed by atoms with Crippen molar-refractivity contribution in [3.05, 3.63) is 29.8 Å². The number of hydrogen-bond donors (Lipinski definition) is 1. The highest BCUT2D eigenvalue weighted by atomic mass is 32.2. The van der Waals surface area contributed by atoms with Crippen LogP contribution < -0.4 is 10.6 Å². The van der Waals surface area contributed by atoms with Crippen LogP contribution >= 0.6 is 11.8 Å². The third-order valence-corrected chi connectivity index (χ3v) is 4.39. The highest BCUT2D eigenvalue weighted by molar-refractivity contribution is 7.99. The molecule has 17 heavy (non-hydrogen) atoms. The summed E-state index contributed by atoms with van der Waals surface area (Å²) in [5.74, 6) is 2.52. The van der Waals surface area contributed by atoms with Crippen molar-refractivity contribution in [2.45, 2.75) is 25.8 Å². The molecule has 3 heteroatoms. The van der Waals surface area contributed by atoms with E-state index in [1.165, 1.54) is 35.7 Å². The minimum Gasteiger partial charge on any atom is -0.370 e. The molecule has 0 spiro atoms. The molecule has 0 unspecified atom stereocenters. The standard InChI is InChI=1S/C14H22N2S/c1-2-13(15)12-6-3-4-7-14(12)16-8-5-10-17-11-9-16/h3-4,6-7,13H,2,5,8-11,15H2,1H3/t13-/m0/s1. The highest BCUT2D eigenvalue weighted by Crippen LogP contribution is 2.28. The van der Waals surface area contributed by atoms with Gasteiger partial charge in [-0.05, 0) is 30.2 Å². The Kier molecular flexibility index (Phi) is 4.75. The minimum absolute atomic E-state index is 0.169. The first-order chi connectivity index (χ1) is 8.33. The van der Waals surface area contributed by atoms with Crippen LogP contribution in [0.25, 0.3) is 0 Å². The van der Waals surface area contributed by atoms with Crippen LogP contribution in [0.15, 0.2) is 24.3 Å². The summed E-state index contributed by atoms with van der Waals surface area (Å²) in [7, 11) is 0. The van der Waals surface area contributed by atoms with Crippen molar-refractivity contribution in [3.63, 3.8) is 0 Å². The quantitative estimate of drug-likeness (QED) is 0.894. The summed E-state index contributed by atoms with van der Waals surface area (Å²) in [6.45, 7) is 4.47. The van der Waals surface area contributed by atoms with Crippen LogP contribution in [0.5, 0.6) is 0 Å². The van der Waals surface area contributed by atoms with E-state index in [1.807, 2.05) is 0 Å². The molecule has 1 heterocycles. The zero-order valence-corrected chi connectivity index (χ0v) is 11.4. The van der Waals surface area contributed by atoms with Gasteiger partial charge in [0.1, 0.15) is 0 Å². The van der Waals surface area contributed by atoms with Crippen molar-refractivity contribution in [3.8, 4) is 0 Å². The number of nitrogens with zero attached hydrogens (tertiary/aromatic N) is 1. The van der Waals surface area contributed by atoms with E-state index in [0.717, 1.165) is 13.0 Å². The maximum Gasteiger partial charge on any atom is 0.0414 e. The van der Waals surface area contributed by atoms with E-state index >= 15 is 0 Å². The normalized spacial score (nSPS) is 18.8. The fourth-order valence-electron chi connectivity index (χ4n) is 2.30. The topological polar surface area (TPSA) is 29.3 Å². The first-order valence-electron chi connectivity index (χ1n) is 6.50. The molecule has 1 atom stereocenters. The second kappa shape index (κ2) is 6.31. The third-order valence-electron chi connectivity index (χ3n) is 3.34. The predicted molar refractivity (Wildman–Crippen MR) is 77.8 cm³/mol. The molecule has 0 amide bonds. The Balaban J connectivity index is 2.23. The zero-order valence-electron chi connectivity index (χ0n) is 10.6. The molecule has 1 aliphatic heterocycles. The van der Waals surface area contributed by atoms with Crippen LogP contribution in [-0.4, -0.2) is 24.6 Å². The van der Waals surface area contributed by atoms with Gasteiger partial charge in [-0.1, -0.05) is 25.1 Å². The van der Waals surface area contributed by atoms with Gasteiger partial charge in [0.2, 0.25) is 0 Å². The summed E-state index contributed by atoms with van der Waals surface area (Å²) in [6, 6.07) is 8.80. The van der Waals surface area contributed by atoms with Crippen molar-refractivity contribution in [1.29, 1.82) is 0 Å². The molecule has 0 radical (unpaired) electrons. The molecule has 1 aromatic rings. The lowest BCUT2D eigenvalue weighted by atomic mass is 10.0. The number of nitrogens with two attached hydrogens (primary N) is 1. The van der Waals surface area contributed by atoms with Gasteiger partial charge in [0.05, 0.1) is 0 Å². The average molecular weight is 250 g/mol. The lowest BCUT2D eigenvalue weighted by Crippen LogP contribution is -2.27. The first-order valence-corrected chi connectivity index (χ1v) is 7.65. The van der Waals surface area contributed by atoms with Gasteiger partial charge < -0.3 is 10.6 Å². The molecule has 1 saturated heterocycles. The second-order valence-electron chi connectivity index (χ2n) is 4.53. The fraction of sp³-hybridized carbons (Fsp3) is 0.571. The summed E-state index contributed by atoms with van der Waals surface area (Å²) in [5, 5.41) is 0. The Bertz CT molecular complexity index is 346. The van der Waals surface area contributed by atoms with E-state index in [2.05, 4.69) is 47.9 Å². The molecule has 0 bridgehead atoms. The molecular formula is C14H22N2S. The molecule has 0 aromatic heterocycles. The van der Waals surface area contributed by atoms with Gasteiger partial charge in [-0.3, -0.25) is 0 Å². The first kappa shape index (κ1) is 12.8. The van der Waals surface area contributed by atoms with Crippen molar-refractivity contribution in [2.24, 2.45) is 5.73 Å². The monoisotopic (exact) mass is 250 g/mol. The number of thioether (sulfide) groups is 1. The number of para-hydroxylation sites is 1. The van der Waals surface area contributed by atoms with Crippen molar-refractivity contribution in [1.82, 2.24) is 0 Å². The van der Waals surface area contributed by atoms with E-state index in [-0.39, 0.29) is 6.04 Å². The van der Waals surface area contributed by atoms with Crippen LogP contribution in [-0.2, 0) is 0 Å². The fourth-order valence-corrected chi connectivity index (χ4v) is 3.18. The summed E-state index contributed by atoms with van der Waals surface area (Å²) in [4.78, 5) is 2.50. The molecule has 0 aliphatic carbocycles. The van der Waals surface area contributed by atoms with Crippen LogP contribution in [0.2, 0.25) is 0 Å². The molecule has 1 aliphatic rings. The lowest BCUT2D eigenvalue weighted by molar-refractivity contribution is 0.690. The van der Waals surface area contributed by atoms with E-state index in [4.69, 9.17) is 5.73 Å². The Morgan fingerprint density at radius 3 is 2.94 bits per heavy atom. The van der Waals surface area contributed by atoms with Gasteiger partial charge >= 0.3 is 0 Å². The second-order valence-corrected chi connectivity index (χ2v) is 5.75. The van der Waals surface area contributed by atoms with Crippen molar-refractivity contribution < 1.29 is 0 Å². The smallest absolute Gasteiger partial charge is 0.0414 e. The van der Waals surface area contributed by atoms with Gasteiger partial charge in [-0.25, -0.2) is 0 Å². The molecule has 1 aromatic carbocycles. The predicted octanol–water partition coefficient (Wildman–Crippen LogP) is 3.04. The van der Waals surface area contributed by atoms with Gasteiger partial charge in [-0.15, -0.1) is 0 Å². The lowest BCUT2D eigenvalue weighted by Gasteiger charge is -2.27. The van der Waals surface area contributed by atoms with Crippen LogP contribution in [0.4, 0.5) is 5.69 Å². The average Bonchev–Trinajstić information content (AvgIpc) is 2.66. The molecule has 1 fully saturated rings. The third kappa shape index (κ3) is 3.17. The number of rotatable bonds is 3. The molecule has 2 nitrogen and oxygen atoms in total. The summed E-state index contributed by atoms with van der Waals surface area (Å²) < 4.78 is 0. The number of benzene rings is 1. The molecule has 94 valence electrons.